The molecule has 4 N–H and O–H groups in total. The van der Waals surface area contributed by atoms with Crippen molar-refractivity contribution in [3.8, 4) is 5.88 Å². The van der Waals surface area contributed by atoms with Crippen molar-refractivity contribution in [1.29, 1.82) is 0 Å². The molecule has 1 heterocycles. The number of nitrogen functional groups attached to an aromatic ring is 1. The van der Waals surface area contributed by atoms with E-state index < -0.39 is 0 Å². The number of rotatable bonds is 9. The maximum absolute atomic E-state index is 11.2. The van der Waals surface area contributed by atoms with Gasteiger partial charge in [-0.05, 0) is 24.5 Å². The van der Waals surface area contributed by atoms with E-state index in [-0.39, 0.29) is 12.5 Å². The zero-order valence-corrected chi connectivity index (χ0v) is 13.1. The Morgan fingerprint density at radius 1 is 1.43 bits per heavy atom. The third-order valence-electron chi connectivity index (χ3n) is 2.88. The van der Waals surface area contributed by atoms with Gasteiger partial charge in [0.2, 0.25) is 11.8 Å². The van der Waals surface area contributed by atoms with Gasteiger partial charge in [-0.15, -0.1) is 0 Å². The maximum atomic E-state index is 11.2. The quantitative estimate of drug-likeness (QED) is 0.724. The number of anilines is 2. The second kappa shape index (κ2) is 8.34. The number of nitrogens with two attached hydrogens (primary N) is 2. The zero-order valence-electron chi connectivity index (χ0n) is 13.1. The largest absolute Gasteiger partial charge is 0.476 e. The monoisotopic (exact) mass is 294 g/mol. The lowest BCUT2D eigenvalue weighted by Gasteiger charge is -2.23. The fourth-order valence-electron chi connectivity index (χ4n) is 1.79. The number of amides is 1. The molecule has 118 valence electrons. The molecule has 0 unspecified atom stereocenters. The molecule has 0 fully saturated rings. The number of unbranched alkanes of at least 4 members (excludes halogenated alkanes) is 1. The van der Waals surface area contributed by atoms with Gasteiger partial charge in [-0.1, -0.05) is 27.2 Å². The van der Waals surface area contributed by atoms with Crippen LogP contribution in [0, 0.1) is 5.92 Å². The van der Waals surface area contributed by atoms with Gasteiger partial charge in [-0.3, -0.25) is 4.79 Å². The Kier molecular flexibility index (Phi) is 6.78. The Bertz CT molecular complexity index is 463. The second-order valence-corrected chi connectivity index (χ2v) is 5.51. The first-order chi connectivity index (χ1) is 9.93. The number of aromatic nitrogens is 1. The highest BCUT2D eigenvalue weighted by molar-refractivity contribution is 5.79. The first-order valence-electron chi connectivity index (χ1n) is 7.36. The Morgan fingerprint density at radius 2 is 2.14 bits per heavy atom. The number of ether oxygens (including phenoxy) is 1. The highest BCUT2D eigenvalue weighted by Crippen LogP contribution is 2.23. The summed E-state index contributed by atoms with van der Waals surface area (Å²) >= 11 is 0. The van der Waals surface area contributed by atoms with Crippen molar-refractivity contribution in [2.24, 2.45) is 11.7 Å². The van der Waals surface area contributed by atoms with E-state index in [0.717, 1.165) is 19.4 Å². The number of carbonyl (C=O) groups is 1. The number of hydrogen-bond donors (Lipinski definition) is 2. The van der Waals surface area contributed by atoms with Crippen LogP contribution in [0.2, 0.25) is 0 Å². The lowest BCUT2D eigenvalue weighted by Crippen LogP contribution is -2.35. The van der Waals surface area contributed by atoms with Crippen LogP contribution in [0.3, 0.4) is 0 Å². The molecule has 1 aromatic heterocycles. The molecule has 21 heavy (non-hydrogen) atoms. The number of pyridine rings is 1. The van der Waals surface area contributed by atoms with Gasteiger partial charge in [-0.2, -0.15) is 4.98 Å². The van der Waals surface area contributed by atoms with Crippen LogP contribution in [0.15, 0.2) is 12.1 Å². The molecule has 0 spiro atoms. The number of primary amides is 1. The van der Waals surface area contributed by atoms with Crippen molar-refractivity contribution in [1.82, 2.24) is 4.98 Å². The molecular formula is C15H26N4O2. The molecule has 0 atom stereocenters. The summed E-state index contributed by atoms with van der Waals surface area (Å²) in [5, 5.41) is 0. The third-order valence-corrected chi connectivity index (χ3v) is 2.88. The standard InChI is InChI=1S/C15H26N4O2/c1-4-5-8-19(9-13(17)20)14-7-6-12(16)15(18-14)21-10-11(2)3/h6-7,11H,4-5,8-10,16H2,1-3H3,(H2,17,20). The second-order valence-electron chi connectivity index (χ2n) is 5.51. The van der Waals surface area contributed by atoms with E-state index in [0.29, 0.717) is 29.9 Å². The fraction of sp³-hybridized carbons (Fsp3) is 0.600. The summed E-state index contributed by atoms with van der Waals surface area (Å²) < 4.78 is 5.62. The highest BCUT2D eigenvalue weighted by Gasteiger charge is 2.13. The molecule has 0 radical (unpaired) electrons. The smallest absolute Gasteiger partial charge is 0.239 e. The molecule has 0 aliphatic rings. The van der Waals surface area contributed by atoms with E-state index >= 15 is 0 Å². The average molecular weight is 294 g/mol. The maximum Gasteiger partial charge on any atom is 0.239 e. The van der Waals surface area contributed by atoms with Gasteiger partial charge in [0.05, 0.1) is 18.8 Å². The van der Waals surface area contributed by atoms with E-state index in [1.807, 2.05) is 4.90 Å². The Morgan fingerprint density at radius 3 is 2.71 bits per heavy atom. The number of carbonyl (C=O) groups excluding carboxylic acids is 1. The van der Waals surface area contributed by atoms with Gasteiger partial charge in [-0.25, -0.2) is 0 Å². The topological polar surface area (TPSA) is 94.5 Å². The van der Waals surface area contributed by atoms with Crippen LogP contribution in [0.5, 0.6) is 5.88 Å². The van der Waals surface area contributed by atoms with Gasteiger partial charge in [0, 0.05) is 6.54 Å². The first-order valence-corrected chi connectivity index (χ1v) is 7.36. The molecule has 0 bridgehead atoms. The molecule has 6 heteroatoms. The van der Waals surface area contributed by atoms with E-state index in [9.17, 15) is 4.79 Å². The van der Waals surface area contributed by atoms with Crippen LogP contribution in [-0.2, 0) is 4.79 Å². The molecule has 0 saturated heterocycles. The molecule has 1 rings (SSSR count). The van der Waals surface area contributed by atoms with Crippen molar-refractivity contribution in [3.05, 3.63) is 12.1 Å². The molecular weight excluding hydrogens is 268 g/mol. The van der Waals surface area contributed by atoms with Crippen LogP contribution in [0.4, 0.5) is 11.5 Å². The molecule has 0 aromatic carbocycles. The molecule has 0 saturated carbocycles. The summed E-state index contributed by atoms with van der Waals surface area (Å²) in [6.45, 7) is 7.61. The Balaban J connectivity index is 2.91. The van der Waals surface area contributed by atoms with E-state index in [2.05, 4.69) is 25.8 Å². The normalized spacial score (nSPS) is 10.7. The summed E-state index contributed by atoms with van der Waals surface area (Å²) in [7, 11) is 0. The summed E-state index contributed by atoms with van der Waals surface area (Å²) in [5.74, 6) is 1.08. The molecule has 1 aromatic rings. The summed E-state index contributed by atoms with van der Waals surface area (Å²) in [6.07, 6.45) is 1.99. The molecule has 6 nitrogen and oxygen atoms in total. The lowest BCUT2D eigenvalue weighted by molar-refractivity contribution is -0.116. The van der Waals surface area contributed by atoms with Crippen molar-refractivity contribution in [3.63, 3.8) is 0 Å². The minimum atomic E-state index is -0.380. The zero-order chi connectivity index (χ0) is 15.8. The van der Waals surface area contributed by atoms with Crippen molar-refractivity contribution < 1.29 is 9.53 Å². The minimum Gasteiger partial charge on any atom is -0.476 e. The predicted molar refractivity (Wildman–Crippen MR) is 85.3 cm³/mol. The Labute approximate surface area is 126 Å². The third kappa shape index (κ3) is 5.89. The van der Waals surface area contributed by atoms with Gasteiger partial charge >= 0.3 is 0 Å². The van der Waals surface area contributed by atoms with Gasteiger partial charge in [0.1, 0.15) is 5.82 Å². The fourth-order valence-corrected chi connectivity index (χ4v) is 1.79. The van der Waals surface area contributed by atoms with E-state index in [1.54, 1.807) is 12.1 Å². The number of nitrogens with zero attached hydrogens (tertiary/aromatic N) is 2. The average Bonchev–Trinajstić information content (AvgIpc) is 2.42. The minimum absolute atomic E-state index is 0.139. The van der Waals surface area contributed by atoms with Gasteiger partial charge in [0.15, 0.2) is 0 Å². The van der Waals surface area contributed by atoms with Crippen LogP contribution < -0.4 is 21.1 Å². The lowest BCUT2D eigenvalue weighted by atomic mass is 10.2. The van der Waals surface area contributed by atoms with Gasteiger partial charge in [0.25, 0.3) is 0 Å². The Hall–Kier alpha value is -1.98. The molecule has 0 aliphatic carbocycles. The van der Waals surface area contributed by atoms with Crippen molar-refractivity contribution >= 4 is 17.4 Å². The highest BCUT2D eigenvalue weighted by atomic mass is 16.5. The SMILES string of the molecule is CCCCN(CC(N)=O)c1ccc(N)c(OCC(C)C)n1. The van der Waals surface area contributed by atoms with Crippen molar-refractivity contribution in [2.45, 2.75) is 33.6 Å². The van der Waals surface area contributed by atoms with Crippen LogP contribution in [0.25, 0.3) is 0 Å². The van der Waals surface area contributed by atoms with E-state index in [4.69, 9.17) is 16.2 Å². The van der Waals surface area contributed by atoms with Crippen LogP contribution in [0.1, 0.15) is 33.6 Å². The van der Waals surface area contributed by atoms with E-state index in [1.165, 1.54) is 0 Å². The van der Waals surface area contributed by atoms with Gasteiger partial charge < -0.3 is 21.1 Å². The van der Waals surface area contributed by atoms with Crippen molar-refractivity contribution in [2.75, 3.05) is 30.3 Å². The summed E-state index contributed by atoms with van der Waals surface area (Å²) in [5.41, 5.74) is 11.7. The molecule has 0 aliphatic heterocycles. The van der Waals surface area contributed by atoms with Crippen LogP contribution >= 0.6 is 0 Å². The van der Waals surface area contributed by atoms with Crippen LogP contribution in [-0.4, -0.2) is 30.6 Å². The number of hydrogen-bond acceptors (Lipinski definition) is 5. The summed E-state index contributed by atoms with van der Waals surface area (Å²) in [6, 6.07) is 3.54. The molecule has 1 amide bonds. The predicted octanol–water partition coefficient (Wildman–Crippen LogP) is 1.79. The summed E-state index contributed by atoms with van der Waals surface area (Å²) in [4.78, 5) is 17.5. The first kappa shape index (κ1) is 17.1.